The van der Waals surface area contributed by atoms with Crippen molar-refractivity contribution in [1.29, 1.82) is 0 Å². The van der Waals surface area contributed by atoms with E-state index in [0.29, 0.717) is 0 Å². The summed E-state index contributed by atoms with van der Waals surface area (Å²) in [6, 6.07) is 0. The minimum atomic E-state index is 0. The van der Waals surface area contributed by atoms with Crippen LogP contribution in [0.15, 0.2) is 0 Å². The zero-order chi connectivity index (χ0) is 2.00. The Labute approximate surface area is 66.4 Å². The van der Waals surface area contributed by atoms with Crippen LogP contribution >= 0.6 is 0 Å². The van der Waals surface area contributed by atoms with Crippen molar-refractivity contribution in [3.05, 3.63) is 0 Å². The van der Waals surface area contributed by atoms with E-state index in [1.165, 1.54) is 0 Å². The maximum absolute atomic E-state index is 2.00. The van der Waals surface area contributed by atoms with Crippen LogP contribution in [0.1, 0.15) is 15.3 Å². The Morgan fingerprint density at radius 3 is 0.800 bits per heavy atom. The Morgan fingerprint density at radius 2 is 0.800 bits per heavy atom. The molecule has 0 amide bonds. The van der Waals surface area contributed by atoms with Gasteiger partial charge < -0.3 is 0 Å². The van der Waals surface area contributed by atoms with Crippen molar-refractivity contribution in [2.75, 3.05) is 0 Å². The summed E-state index contributed by atoms with van der Waals surface area (Å²) in [6.07, 6.45) is 0. The van der Waals surface area contributed by atoms with Gasteiger partial charge in [-0.1, -0.05) is 13.8 Å². The molecule has 0 aromatic heterocycles. The summed E-state index contributed by atoms with van der Waals surface area (Å²) in [5.41, 5.74) is 0. The molecule has 0 aromatic rings. The molecule has 0 atom stereocenters. The van der Waals surface area contributed by atoms with E-state index in [1.807, 2.05) is 13.8 Å². The van der Waals surface area contributed by atoms with E-state index < -0.39 is 0 Å². The number of hydrogen-bond acceptors (Lipinski definition) is 0. The molecule has 3 heteroatoms. The Bertz CT molecular complexity index is 8.75. The first-order valence-corrected chi connectivity index (χ1v) is 1.00. The molecule has 0 saturated carbocycles. The molecule has 0 aromatic carbocycles. The molecule has 0 aliphatic heterocycles. The van der Waals surface area contributed by atoms with E-state index in [2.05, 4.69) is 0 Å². The molecule has 0 saturated heterocycles. The van der Waals surface area contributed by atoms with Gasteiger partial charge in [-0.25, -0.2) is 0 Å². The second kappa shape index (κ2) is 47.6. The summed E-state index contributed by atoms with van der Waals surface area (Å²) in [6.45, 7) is 4.00. The average Bonchev–Trinajstić information content (AvgIpc) is 1.00. The predicted octanol–water partition coefficient (Wildman–Crippen LogP) is 1.13. The van der Waals surface area contributed by atoms with Gasteiger partial charge in [-0.05, 0) is 0 Å². The molecule has 0 bridgehead atoms. The smallest absolute Gasteiger partial charge is 0.0683 e. The van der Waals surface area contributed by atoms with E-state index in [0.717, 1.165) is 0 Å². The molecule has 0 rings (SSSR count). The van der Waals surface area contributed by atoms with Gasteiger partial charge in [0.2, 0.25) is 0 Å². The van der Waals surface area contributed by atoms with Gasteiger partial charge in [0.05, 0.1) is 0 Å². The van der Waals surface area contributed by atoms with E-state index in [-0.39, 0.29) is 52.6 Å². The molecule has 5 heavy (non-hydrogen) atoms. The molecule has 0 aliphatic rings. The Hall–Kier alpha value is 1.56. The second-order valence-corrected chi connectivity index (χ2v) is 0. The zero-order valence-electron chi connectivity index (χ0n) is 4.13. The quantitative estimate of drug-likeness (QED) is 0.509. The van der Waals surface area contributed by atoms with Gasteiger partial charge in [-0.15, -0.1) is 0 Å². The molecule has 0 spiro atoms. The van der Waals surface area contributed by atoms with Crippen molar-refractivity contribution >= 4 is 0 Å². The van der Waals surface area contributed by atoms with E-state index >= 15 is 0 Å². The third-order valence-electron chi connectivity index (χ3n) is 0. The SMILES string of the molecule is CC.[H+].[Mn+2].[Mn+2].[Mn+2]. The zero-order valence-corrected chi connectivity index (χ0v) is 6.68. The van der Waals surface area contributed by atoms with Crippen molar-refractivity contribution in [2.45, 2.75) is 13.8 Å². The van der Waals surface area contributed by atoms with Gasteiger partial charge in [-0.2, -0.15) is 0 Å². The Kier molecular flexibility index (Phi) is 294. The van der Waals surface area contributed by atoms with Crippen LogP contribution < -0.4 is 0 Å². The van der Waals surface area contributed by atoms with Crippen LogP contribution in [0.25, 0.3) is 0 Å². The van der Waals surface area contributed by atoms with E-state index in [1.54, 1.807) is 0 Å². The van der Waals surface area contributed by atoms with Crippen LogP contribution in [0.3, 0.4) is 0 Å². The fourth-order valence-electron chi connectivity index (χ4n) is 0. The third kappa shape index (κ3) is 29.0. The Morgan fingerprint density at radius 1 is 0.800 bits per heavy atom. The van der Waals surface area contributed by atoms with Crippen molar-refractivity contribution in [1.82, 2.24) is 0 Å². The normalized spacial score (nSPS) is 1.20. The van der Waals surface area contributed by atoms with Crippen LogP contribution in [0.4, 0.5) is 0 Å². The topological polar surface area (TPSA) is 0 Å². The molecule has 0 aliphatic carbocycles. The maximum atomic E-state index is 2.00. The average molecular weight is 196 g/mol. The molecule has 0 fully saturated rings. The number of rotatable bonds is 0. The van der Waals surface area contributed by atoms with Crippen molar-refractivity contribution in [2.24, 2.45) is 0 Å². The first-order chi connectivity index (χ1) is 1.00. The predicted molar refractivity (Wildman–Crippen MR) is 12.5 cm³/mol. The first-order valence-electron chi connectivity index (χ1n) is 1.00. The minimum Gasteiger partial charge on any atom is -0.0683 e. The summed E-state index contributed by atoms with van der Waals surface area (Å²) in [7, 11) is 0. The van der Waals surface area contributed by atoms with Crippen LogP contribution in [-0.4, -0.2) is 0 Å². The molecule has 29 valence electrons. The largest absolute Gasteiger partial charge is 2.00 e. The summed E-state index contributed by atoms with van der Waals surface area (Å²) in [4.78, 5) is 0. The third-order valence-corrected chi connectivity index (χ3v) is 0. The second-order valence-electron chi connectivity index (χ2n) is 0. The maximum Gasteiger partial charge on any atom is 2.00 e. The van der Waals surface area contributed by atoms with Crippen LogP contribution in [-0.2, 0) is 51.2 Å². The van der Waals surface area contributed by atoms with Gasteiger partial charge in [0.1, 0.15) is 0 Å². The van der Waals surface area contributed by atoms with Crippen molar-refractivity contribution in [3.8, 4) is 0 Å². The van der Waals surface area contributed by atoms with Crippen LogP contribution in [0.2, 0.25) is 0 Å². The van der Waals surface area contributed by atoms with Gasteiger partial charge >= 0.3 is 52.6 Å². The first kappa shape index (κ1) is 31.0. The molecule has 3 radical (unpaired) electrons. The van der Waals surface area contributed by atoms with Crippen molar-refractivity contribution < 1.29 is 52.6 Å². The molecule has 0 unspecified atom stereocenters. The molecule has 0 N–H and O–H groups in total. The van der Waals surface area contributed by atoms with Gasteiger partial charge in [0.15, 0.2) is 0 Å². The summed E-state index contributed by atoms with van der Waals surface area (Å²) in [5, 5.41) is 0. The minimum absolute atomic E-state index is 0. The van der Waals surface area contributed by atoms with Gasteiger partial charge in [0, 0.05) is 0 Å². The fourth-order valence-corrected chi connectivity index (χ4v) is 0. The van der Waals surface area contributed by atoms with Crippen LogP contribution in [0.5, 0.6) is 0 Å². The van der Waals surface area contributed by atoms with Gasteiger partial charge in [0.25, 0.3) is 0 Å². The molecular weight excluding hydrogens is 189 g/mol. The fraction of sp³-hybridized carbons (Fsp3) is 1.00. The molecule has 0 heterocycles. The molecular formula is C2H7Mn3+7. The number of hydrogen-bond donors (Lipinski definition) is 0. The van der Waals surface area contributed by atoms with Gasteiger partial charge in [-0.3, -0.25) is 0 Å². The standard InChI is InChI=1S/C2H6.3Mn/c1-2;;;/h1-2H3;;;/q;3*+2/p+1. The monoisotopic (exact) mass is 196 g/mol. The van der Waals surface area contributed by atoms with E-state index in [9.17, 15) is 0 Å². The summed E-state index contributed by atoms with van der Waals surface area (Å²) in [5.74, 6) is 0. The summed E-state index contributed by atoms with van der Waals surface area (Å²) >= 11 is 0. The van der Waals surface area contributed by atoms with Crippen LogP contribution in [0, 0.1) is 0 Å². The van der Waals surface area contributed by atoms with Crippen molar-refractivity contribution in [3.63, 3.8) is 0 Å². The molecule has 0 nitrogen and oxygen atoms in total. The summed E-state index contributed by atoms with van der Waals surface area (Å²) < 4.78 is 0. The Balaban J connectivity index is -0.000000000833. The van der Waals surface area contributed by atoms with E-state index in [4.69, 9.17) is 0 Å².